The Balaban J connectivity index is 1.32. The van der Waals surface area contributed by atoms with Gasteiger partial charge in [0, 0.05) is 11.4 Å². The van der Waals surface area contributed by atoms with Gasteiger partial charge >= 0.3 is 0 Å². The summed E-state index contributed by atoms with van der Waals surface area (Å²) in [6.45, 7) is 2.52. The van der Waals surface area contributed by atoms with Crippen molar-refractivity contribution in [3.8, 4) is 0 Å². The van der Waals surface area contributed by atoms with E-state index in [-0.39, 0.29) is 0 Å². The molecule has 6 rings (SSSR count). The summed E-state index contributed by atoms with van der Waals surface area (Å²) in [6.07, 6.45) is 0. The summed E-state index contributed by atoms with van der Waals surface area (Å²) in [5.74, 6) is 0. The lowest BCUT2D eigenvalue weighted by molar-refractivity contribution is 0.761. The summed E-state index contributed by atoms with van der Waals surface area (Å²) in [5, 5.41) is 0. The van der Waals surface area contributed by atoms with Crippen molar-refractivity contribution in [2.45, 2.75) is 0 Å². The average molecular weight is 405 g/mol. The van der Waals surface area contributed by atoms with Gasteiger partial charge in [0.05, 0.1) is 42.8 Å². The van der Waals surface area contributed by atoms with Crippen molar-refractivity contribution in [2.24, 2.45) is 0 Å². The fraction of sp³-hybridized carbons (Fsp3) is 0.111. The fourth-order valence-corrected chi connectivity index (χ4v) is 4.67. The van der Waals surface area contributed by atoms with Gasteiger partial charge in [-0.15, -0.1) is 0 Å². The lowest BCUT2D eigenvalue weighted by Gasteiger charge is -2.29. The van der Waals surface area contributed by atoms with E-state index in [2.05, 4.69) is 129 Å². The number of rotatable bonds is 4. The van der Waals surface area contributed by atoms with Crippen molar-refractivity contribution in [2.75, 3.05) is 39.6 Å². The van der Waals surface area contributed by atoms with Crippen LogP contribution in [0.25, 0.3) is 0 Å². The Bertz CT molecular complexity index is 1100. The molecule has 0 saturated heterocycles. The SMILES string of the molecule is c1ccc(N2CN(CN3CN(c4ccccc4)c4ccccc43)c3ccccc32)cc1. The number of hydrogen-bond donors (Lipinski definition) is 0. The van der Waals surface area contributed by atoms with Gasteiger partial charge in [-0.1, -0.05) is 60.7 Å². The van der Waals surface area contributed by atoms with Gasteiger partial charge in [-0.3, -0.25) is 0 Å². The van der Waals surface area contributed by atoms with Crippen LogP contribution in [-0.2, 0) is 0 Å². The first kappa shape index (κ1) is 17.9. The van der Waals surface area contributed by atoms with Crippen LogP contribution >= 0.6 is 0 Å². The standard InChI is InChI=1S/C27H24N4/c1-3-11-22(12-4-1)30-20-28(24-15-7-9-17-26(24)30)19-29-21-31(23-13-5-2-6-14-23)27-18-10-8-16-25(27)29/h1-18H,19-21H2. The van der Waals surface area contributed by atoms with Crippen molar-refractivity contribution in [1.82, 2.24) is 0 Å². The van der Waals surface area contributed by atoms with Gasteiger partial charge in [0.2, 0.25) is 0 Å². The zero-order valence-electron chi connectivity index (χ0n) is 17.3. The first-order chi connectivity index (χ1) is 15.4. The molecule has 4 nitrogen and oxygen atoms in total. The highest BCUT2D eigenvalue weighted by molar-refractivity contribution is 5.85. The Kier molecular flexibility index (Phi) is 4.27. The number of benzene rings is 4. The Morgan fingerprint density at radius 1 is 0.419 bits per heavy atom. The monoisotopic (exact) mass is 404 g/mol. The lowest BCUT2D eigenvalue weighted by atomic mass is 10.2. The van der Waals surface area contributed by atoms with Gasteiger partial charge in [-0.05, 0) is 48.5 Å². The normalized spacial score (nSPS) is 14.7. The minimum Gasteiger partial charge on any atom is -0.334 e. The summed E-state index contributed by atoms with van der Waals surface area (Å²) in [6, 6.07) is 38.7. The molecule has 0 amide bonds. The minimum atomic E-state index is 0.834. The largest absolute Gasteiger partial charge is 0.334 e. The van der Waals surface area contributed by atoms with Crippen molar-refractivity contribution in [3.63, 3.8) is 0 Å². The maximum absolute atomic E-state index is 2.47. The zero-order valence-corrected chi connectivity index (χ0v) is 17.3. The van der Waals surface area contributed by atoms with E-state index in [1.54, 1.807) is 0 Å². The predicted molar refractivity (Wildman–Crippen MR) is 130 cm³/mol. The van der Waals surface area contributed by atoms with Crippen LogP contribution in [-0.4, -0.2) is 20.0 Å². The van der Waals surface area contributed by atoms with Gasteiger partial charge in [0.1, 0.15) is 0 Å². The summed E-state index contributed by atoms with van der Waals surface area (Å²) in [5.41, 5.74) is 7.54. The van der Waals surface area contributed by atoms with E-state index in [0.29, 0.717) is 0 Å². The van der Waals surface area contributed by atoms with E-state index in [9.17, 15) is 0 Å². The molecule has 0 fully saturated rings. The second-order valence-corrected chi connectivity index (χ2v) is 8.01. The third-order valence-electron chi connectivity index (χ3n) is 6.13. The van der Waals surface area contributed by atoms with Crippen molar-refractivity contribution in [1.29, 1.82) is 0 Å². The number of nitrogens with zero attached hydrogens (tertiary/aromatic N) is 4. The molecule has 0 spiro atoms. The van der Waals surface area contributed by atoms with Crippen LogP contribution in [0.3, 0.4) is 0 Å². The third kappa shape index (κ3) is 3.08. The molecule has 0 aliphatic carbocycles. The molecule has 0 atom stereocenters. The van der Waals surface area contributed by atoms with Gasteiger partial charge in [-0.25, -0.2) is 0 Å². The molecule has 0 bridgehead atoms. The minimum absolute atomic E-state index is 0.834. The van der Waals surface area contributed by atoms with E-state index in [1.807, 2.05) is 0 Å². The first-order valence-corrected chi connectivity index (χ1v) is 10.7. The Hall–Kier alpha value is -3.92. The topological polar surface area (TPSA) is 13.0 Å². The van der Waals surface area contributed by atoms with Crippen molar-refractivity contribution in [3.05, 3.63) is 109 Å². The van der Waals surface area contributed by atoms with Crippen LogP contribution < -0.4 is 19.6 Å². The molecule has 31 heavy (non-hydrogen) atoms. The lowest BCUT2D eigenvalue weighted by Crippen LogP contribution is -2.40. The van der Waals surface area contributed by atoms with E-state index >= 15 is 0 Å². The molecule has 4 aromatic carbocycles. The molecule has 0 aromatic heterocycles. The molecular weight excluding hydrogens is 380 g/mol. The first-order valence-electron chi connectivity index (χ1n) is 10.7. The highest BCUT2D eigenvalue weighted by Gasteiger charge is 2.32. The molecule has 2 aliphatic rings. The Morgan fingerprint density at radius 3 is 1.19 bits per heavy atom. The second-order valence-electron chi connectivity index (χ2n) is 8.01. The van der Waals surface area contributed by atoms with Gasteiger partial charge in [0.25, 0.3) is 0 Å². The molecule has 2 heterocycles. The smallest absolute Gasteiger partial charge is 0.0970 e. The molecule has 4 aromatic rings. The van der Waals surface area contributed by atoms with Crippen LogP contribution in [0.15, 0.2) is 109 Å². The fourth-order valence-electron chi connectivity index (χ4n) is 4.67. The quantitative estimate of drug-likeness (QED) is 0.403. The predicted octanol–water partition coefficient (Wildman–Crippen LogP) is 6.18. The summed E-state index contributed by atoms with van der Waals surface area (Å²) in [7, 11) is 0. The Labute approximate surface area is 183 Å². The highest BCUT2D eigenvalue weighted by Crippen LogP contribution is 2.43. The molecule has 4 heteroatoms. The molecule has 2 aliphatic heterocycles. The maximum Gasteiger partial charge on any atom is 0.0970 e. The second kappa shape index (κ2) is 7.40. The van der Waals surface area contributed by atoms with Gasteiger partial charge in [-0.2, -0.15) is 0 Å². The summed E-state index contributed by atoms with van der Waals surface area (Å²) >= 11 is 0. The number of fused-ring (bicyclic) bond motifs is 2. The third-order valence-corrected chi connectivity index (χ3v) is 6.13. The van der Waals surface area contributed by atoms with E-state index in [4.69, 9.17) is 0 Å². The number of para-hydroxylation sites is 6. The Morgan fingerprint density at radius 2 is 0.774 bits per heavy atom. The molecule has 0 N–H and O–H groups in total. The van der Waals surface area contributed by atoms with Crippen molar-refractivity contribution >= 4 is 34.1 Å². The summed E-state index contributed by atoms with van der Waals surface area (Å²) in [4.78, 5) is 9.72. The van der Waals surface area contributed by atoms with E-state index in [1.165, 1.54) is 34.1 Å². The molecular formula is C27H24N4. The van der Waals surface area contributed by atoms with Crippen LogP contribution in [0.1, 0.15) is 0 Å². The van der Waals surface area contributed by atoms with Crippen LogP contribution in [0.5, 0.6) is 0 Å². The highest BCUT2D eigenvalue weighted by atomic mass is 15.5. The number of anilines is 6. The zero-order chi connectivity index (χ0) is 20.6. The van der Waals surface area contributed by atoms with Crippen LogP contribution in [0.2, 0.25) is 0 Å². The van der Waals surface area contributed by atoms with E-state index < -0.39 is 0 Å². The van der Waals surface area contributed by atoms with Gasteiger partial charge < -0.3 is 19.6 Å². The molecule has 0 saturated carbocycles. The molecule has 0 radical (unpaired) electrons. The number of hydrogen-bond acceptors (Lipinski definition) is 4. The van der Waals surface area contributed by atoms with Crippen molar-refractivity contribution < 1.29 is 0 Å². The maximum atomic E-state index is 2.47. The molecule has 152 valence electrons. The van der Waals surface area contributed by atoms with Crippen LogP contribution in [0.4, 0.5) is 34.1 Å². The van der Waals surface area contributed by atoms with Gasteiger partial charge in [0.15, 0.2) is 0 Å². The van der Waals surface area contributed by atoms with E-state index in [0.717, 1.165) is 20.0 Å². The average Bonchev–Trinajstić information content (AvgIpc) is 3.40. The summed E-state index contributed by atoms with van der Waals surface area (Å²) < 4.78 is 0. The molecule has 0 unspecified atom stereocenters. The van der Waals surface area contributed by atoms with Crippen LogP contribution in [0, 0.1) is 0 Å².